The van der Waals surface area contributed by atoms with Gasteiger partial charge in [-0.2, -0.15) is 0 Å². The number of hydrogen-bond donors (Lipinski definition) is 1. The molecule has 1 rings (SSSR count). The van der Waals surface area contributed by atoms with Gasteiger partial charge in [0, 0.05) is 4.90 Å². The minimum Gasteiger partial charge on any atom is -0.481 e. The van der Waals surface area contributed by atoms with Gasteiger partial charge in [-0.25, -0.2) is 0 Å². The van der Waals surface area contributed by atoms with E-state index in [1.165, 1.54) is 11.8 Å². The summed E-state index contributed by atoms with van der Waals surface area (Å²) in [6, 6.07) is 7.47. The van der Waals surface area contributed by atoms with Crippen LogP contribution in [-0.2, 0) is 4.79 Å². The second-order valence-corrected chi connectivity index (χ2v) is 5.55. The number of hydrogen-bond acceptors (Lipinski definition) is 3. The van der Waals surface area contributed by atoms with Gasteiger partial charge in [-0.05, 0) is 37.6 Å². The lowest BCUT2D eigenvalue weighted by atomic mass is 10.2. The SMILES string of the molecule is CC#CCOc1ccc(SC(CCCC)C(=O)O)cc1. The van der Waals surface area contributed by atoms with Crippen molar-refractivity contribution in [3.05, 3.63) is 24.3 Å². The molecule has 3 nitrogen and oxygen atoms in total. The minimum absolute atomic E-state index is 0.372. The number of thioether (sulfide) groups is 1. The van der Waals surface area contributed by atoms with Gasteiger partial charge < -0.3 is 9.84 Å². The Hall–Kier alpha value is -1.60. The first kappa shape index (κ1) is 16.5. The fourth-order valence-electron chi connectivity index (χ4n) is 1.59. The first-order valence-electron chi connectivity index (χ1n) is 6.69. The Morgan fingerprint density at radius 1 is 1.40 bits per heavy atom. The first-order valence-corrected chi connectivity index (χ1v) is 7.57. The molecule has 0 fully saturated rings. The van der Waals surface area contributed by atoms with Crippen LogP contribution in [0.4, 0.5) is 0 Å². The van der Waals surface area contributed by atoms with E-state index >= 15 is 0 Å². The Bertz CT molecular complexity index is 471. The van der Waals surface area contributed by atoms with E-state index in [-0.39, 0.29) is 5.25 Å². The summed E-state index contributed by atoms with van der Waals surface area (Å²) in [4.78, 5) is 12.1. The molecule has 1 atom stereocenters. The lowest BCUT2D eigenvalue weighted by Crippen LogP contribution is -2.15. The fraction of sp³-hybridized carbons (Fsp3) is 0.438. The highest BCUT2D eigenvalue weighted by Gasteiger charge is 2.18. The molecule has 108 valence electrons. The third-order valence-electron chi connectivity index (χ3n) is 2.69. The van der Waals surface area contributed by atoms with E-state index in [0.29, 0.717) is 13.0 Å². The quantitative estimate of drug-likeness (QED) is 0.584. The smallest absolute Gasteiger partial charge is 0.316 e. The standard InChI is InChI=1S/C16H20O3S/c1-3-5-7-15(16(17)18)20-14-10-8-13(9-11-14)19-12-6-4-2/h8-11,15H,3,5,7,12H2,1-2H3,(H,17,18). The van der Waals surface area contributed by atoms with Gasteiger partial charge in [0.2, 0.25) is 0 Å². The lowest BCUT2D eigenvalue weighted by Gasteiger charge is -2.11. The predicted octanol–water partition coefficient (Wildman–Crippen LogP) is 3.82. The Balaban J connectivity index is 2.57. The molecule has 0 bridgehead atoms. The second kappa shape index (κ2) is 9.33. The molecule has 0 aliphatic heterocycles. The van der Waals surface area contributed by atoms with Crippen molar-refractivity contribution < 1.29 is 14.6 Å². The summed E-state index contributed by atoms with van der Waals surface area (Å²) in [6.45, 7) is 4.21. The molecule has 1 unspecified atom stereocenters. The maximum Gasteiger partial charge on any atom is 0.316 e. The van der Waals surface area contributed by atoms with E-state index in [1.54, 1.807) is 6.92 Å². The Morgan fingerprint density at radius 2 is 2.10 bits per heavy atom. The van der Waals surface area contributed by atoms with Crippen LogP contribution in [0.5, 0.6) is 5.75 Å². The molecule has 0 amide bonds. The van der Waals surface area contributed by atoms with Crippen molar-refractivity contribution in [1.82, 2.24) is 0 Å². The zero-order valence-corrected chi connectivity index (χ0v) is 12.7. The van der Waals surface area contributed by atoms with Crippen LogP contribution >= 0.6 is 11.8 Å². The molecule has 0 aliphatic carbocycles. The summed E-state index contributed by atoms with van der Waals surface area (Å²) in [5.74, 6) is 5.59. The van der Waals surface area contributed by atoms with Gasteiger partial charge in [0.05, 0.1) is 0 Å². The van der Waals surface area contributed by atoms with Crippen molar-refractivity contribution in [3.8, 4) is 17.6 Å². The predicted molar refractivity (Wildman–Crippen MR) is 82.2 cm³/mol. The maximum atomic E-state index is 11.2. The first-order chi connectivity index (χ1) is 9.67. The van der Waals surface area contributed by atoms with Crippen molar-refractivity contribution in [1.29, 1.82) is 0 Å². The monoisotopic (exact) mass is 292 g/mol. The van der Waals surface area contributed by atoms with Crippen molar-refractivity contribution in [2.24, 2.45) is 0 Å². The molecule has 0 radical (unpaired) electrons. The highest BCUT2D eigenvalue weighted by Crippen LogP contribution is 2.28. The number of benzene rings is 1. The van der Waals surface area contributed by atoms with Crippen LogP contribution in [0.1, 0.15) is 33.1 Å². The molecule has 0 saturated carbocycles. The highest BCUT2D eigenvalue weighted by atomic mass is 32.2. The van der Waals surface area contributed by atoms with Crippen molar-refractivity contribution >= 4 is 17.7 Å². The van der Waals surface area contributed by atoms with Gasteiger partial charge in [0.25, 0.3) is 0 Å². The van der Waals surface area contributed by atoms with Crippen molar-refractivity contribution in [2.75, 3.05) is 6.61 Å². The number of rotatable bonds is 8. The number of ether oxygens (including phenoxy) is 1. The molecule has 1 N–H and O–H groups in total. The summed E-state index contributed by atoms with van der Waals surface area (Å²) in [6.07, 6.45) is 2.64. The third kappa shape index (κ3) is 6.03. The zero-order valence-electron chi connectivity index (χ0n) is 11.9. The van der Waals surface area contributed by atoms with Crippen molar-refractivity contribution in [3.63, 3.8) is 0 Å². The molecule has 0 aliphatic rings. The van der Waals surface area contributed by atoms with Crippen LogP contribution in [0.25, 0.3) is 0 Å². The normalized spacial score (nSPS) is 11.3. The summed E-state index contributed by atoms with van der Waals surface area (Å²) in [5, 5.41) is 8.82. The second-order valence-electron chi connectivity index (χ2n) is 4.27. The summed E-state index contributed by atoms with van der Waals surface area (Å²) in [5.41, 5.74) is 0. The summed E-state index contributed by atoms with van der Waals surface area (Å²) < 4.78 is 5.42. The molecular weight excluding hydrogens is 272 g/mol. The minimum atomic E-state index is -0.748. The van der Waals surface area contributed by atoms with Gasteiger partial charge in [-0.15, -0.1) is 17.7 Å². The van der Waals surface area contributed by atoms with Crippen LogP contribution < -0.4 is 4.74 Å². The van der Waals surface area contributed by atoms with E-state index in [1.807, 2.05) is 24.3 Å². The Labute approximate surface area is 124 Å². The topological polar surface area (TPSA) is 46.5 Å². The third-order valence-corrected chi connectivity index (χ3v) is 3.95. The molecule has 1 aromatic carbocycles. The largest absolute Gasteiger partial charge is 0.481 e. The van der Waals surface area contributed by atoms with Gasteiger partial charge in [0.1, 0.15) is 17.6 Å². The molecular formula is C16H20O3S. The Kier molecular flexibility index (Phi) is 7.67. The molecule has 4 heteroatoms. The lowest BCUT2D eigenvalue weighted by molar-refractivity contribution is -0.136. The summed E-state index contributed by atoms with van der Waals surface area (Å²) in [7, 11) is 0. The average Bonchev–Trinajstić information content (AvgIpc) is 2.45. The number of unbranched alkanes of at least 4 members (excludes halogenated alkanes) is 1. The fourth-order valence-corrected chi connectivity index (χ4v) is 2.60. The number of carbonyl (C=O) groups is 1. The number of carboxylic acid groups (broad SMARTS) is 1. The Morgan fingerprint density at radius 3 is 2.65 bits per heavy atom. The molecule has 0 heterocycles. The van der Waals surface area contributed by atoms with Crippen LogP contribution in [-0.4, -0.2) is 22.9 Å². The van der Waals surface area contributed by atoms with Gasteiger partial charge >= 0.3 is 5.97 Å². The molecule has 0 saturated heterocycles. The van der Waals surface area contributed by atoms with E-state index in [2.05, 4.69) is 18.8 Å². The molecule has 0 aromatic heterocycles. The van der Waals surface area contributed by atoms with E-state index in [9.17, 15) is 9.90 Å². The maximum absolute atomic E-state index is 11.2. The highest BCUT2D eigenvalue weighted by molar-refractivity contribution is 8.00. The van der Waals surface area contributed by atoms with E-state index in [4.69, 9.17) is 4.74 Å². The van der Waals surface area contributed by atoms with Crippen molar-refractivity contribution in [2.45, 2.75) is 43.3 Å². The van der Waals surface area contributed by atoms with Gasteiger partial charge in [-0.3, -0.25) is 4.79 Å². The van der Waals surface area contributed by atoms with E-state index in [0.717, 1.165) is 23.5 Å². The van der Waals surface area contributed by atoms with Crippen LogP contribution in [0.15, 0.2) is 29.2 Å². The molecule has 20 heavy (non-hydrogen) atoms. The van der Waals surface area contributed by atoms with E-state index < -0.39 is 5.97 Å². The molecule has 0 spiro atoms. The number of aliphatic carboxylic acids is 1. The van der Waals surface area contributed by atoms with Crippen LogP contribution in [0, 0.1) is 11.8 Å². The molecule has 1 aromatic rings. The summed E-state index contributed by atoms with van der Waals surface area (Å²) >= 11 is 1.39. The van der Waals surface area contributed by atoms with Gasteiger partial charge in [-0.1, -0.05) is 25.7 Å². The van der Waals surface area contributed by atoms with Crippen LogP contribution in [0.2, 0.25) is 0 Å². The number of carboxylic acids is 1. The average molecular weight is 292 g/mol. The van der Waals surface area contributed by atoms with Gasteiger partial charge in [0.15, 0.2) is 0 Å². The zero-order chi connectivity index (χ0) is 14.8. The van der Waals surface area contributed by atoms with Crippen LogP contribution in [0.3, 0.4) is 0 Å².